The highest BCUT2D eigenvalue weighted by atomic mass is 16.5. The van der Waals surface area contributed by atoms with Crippen LogP contribution >= 0.6 is 0 Å². The molecule has 242 valence electrons. The van der Waals surface area contributed by atoms with E-state index < -0.39 is 5.41 Å². The second-order valence-electron chi connectivity index (χ2n) is 14.4. The molecule has 0 amide bonds. The van der Waals surface area contributed by atoms with E-state index in [0.29, 0.717) is 30.6 Å². The van der Waals surface area contributed by atoms with Crippen molar-refractivity contribution in [2.24, 2.45) is 29.1 Å². The Kier molecular flexibility index (Phi) is 14.8. The maximum Gasteiger partial charge on any atom is 0.333 e. The monoisotopic (exact) mass is 596 g/mol. The molecule has 0 spiro atoms. The number of rotatable bonds is 18. The van der Waals surface area contributed by atoms with E-state index in [0.717, 1.165) is 31.1 Å². The number of benzene rings is 1. The van der Waals surface area contributed by atoms with Crippen LogP contribution in [0, 0.1) is 29.1 Å². The number of unbranched alkanes of at least 4 members (excludes halogenated alkanes) is 1. The lowest BCUT2D eigenvalue weighted by Gasteiger charge is -2.31. The van der Waals surface area contributed by atoms with E-state index >= 15 is 0 Å². The fourth-order valence-corrected chi connectivity index (χ4v) is 7.08. The smallest absolute Gasteiger partial charge is 0.333 e. The zero-order valence-electron chi connectivity index (χ0n) is 27.8. The maximum atomic E-state index is 12.3. The summed E-state index contributed by atoms with van der Waals surface area (Å²) in [6, 6.07) is 7.32. The topological polar surface area (TPSA) is 72.8 Å². The summed E-state index contributed by atoms with van der Waals surface area (Å²) in [4.78, 5) is 24.2. The average molecular weight is 597 g/mol. The summed E-state index contributed by atoms with van der Waals surface area (Å²) in [6.45, 7) is 11.5. The standard InChI is InChI=1S/C38H60O5/c1-6-9-30-16-18-35-26-31(17-19-34(35)25-30)11-8-7-10-29-12-14-32(15-13-29)24-33(20-22-42-36(40)28(2)3)21-23-43-37(41)38(4,5)27-39/h17,19,26,29-30,32-33,39H,2,6-16,18,20-25,27H2,1,3-5H3. The Morgan fingerprint density at radius 2 is 1.65 bits per heavy atom. The van der Waals surface area contributed by atoms with Gasteiger partial charge in [0.05, 0.1) is 25.2 Å². The Morgan fingerprint density at radius 1 is 0.953 bits per heavy atom. The van der Waals surface area contributed by atoms with Crippen LogP contribution < -0.4 is 0 Å². The lowest BCUT2D eigenvalue weighted by atomic mass is 9.75. The van der Waals surface area contributed by atoms with Gasteiger partial charge in [0.2, 0.25) is 0 Å². The molecule has 2 atom stereocenters. The summed E-state index contributed by atoms with van der Waals surface area (Å²) >= 11 is 0. The molecular weight excluding hydrogens is 536 g/mol. The Bertz CT molecular complexity index is 1020. The molecule has 5 heteroatoms. The lowest BCUT2D eigenvalue weighted by molar-refractivity contribution is -0.156. The Hall–Kier alpha value is -2.14. The molecule has 0 bridgehead atoms. The van der Waals surface area contributed by atoms with Gasteiger partial charge in [-0.1, -0.05) is 83.1 Å². The minimum absolute atomic E-state index is 0.233. The lowest BCUT2D eigenvalue weighted by Crippen LogP contribution is -2.31. The predicted octanol–water partition coefficient (Wildman–Crippen LogP) is 8.58. The molecule has 1 N–H and O–H groups in total. The highest BCUT2D eigenvalue weighted by Gasteiger charge is 2.29. The van der Waals surface area contributed by atoms with Crippen LogP contribution in [-0.2, 0) is 38.3 Å². The van der Waals surface area contributed by atoms with Gasteiger partial charge in [-0.25, -0.2) is 4.79 Å². The molecule has 0 heterocycles. The normalized spacial score (nSPS) is 21.1. The molecule has 1 fully saturated rings. The number of esters is 2. The minimum atomic E-state index is -0.885. The summed E-state index contributed by atoms with van der Waals surface area (Å²) in [5.74, 6) is 2.03. The molecule has 43 heavy (non-hydrogen) atoms. The molecule has 2 aliphatic carbocycles. The molecule has 1 saturated carbocycles. The summed E-state index contributed by atoms with van der Waals surface area (Å²) in [5, 5.41) is 9.45. The van der Waals surface area contributed by atoms with Crippen LogP contribution in [0.5, 0.6) is 0 Å². The van der Waals surface area contributed by atoms with Crippen molar-refractivity contribution in [1.82, 2.24) is 0 Å². The third-order valence-corrected chi connectivity index (χ3v) is 10.1. The van der Waals surface area contributed by atoms with Crippen molar-refractivity contribution in [3.63, 3.8) is 0 Å². The van der Waals surface area contributed by atoms with Crippen molar-refractivity contribution in [1.29, 1.82) is 0 Å². The van der Waals surface area contributed by atoms with Crippen molar-refractivity contribution in [3.8, 4) is 0 Å². The zero-order chi connectivity index (χ0) is 31.2. The van der Waals surface area contributed by atoms with Gasteiger partial charge < -0.3 is 14.6 Å². The van der Waals surface area contributed by atoms with E-state index in [2.05, 4.69) is 31.7 Å². The molecule has 0 saturated heterocycles. The Morgan fingerprint density at radius 3 is 2.33 bits per heavy atom. The van der Waals surface area contributed by atoms with Crippen LogP contribution in [0.25, 0.3) is 0 Å². The number of fused-ring (bicyclic) bond motifs is 1. The number of aliphatic hydroxyl groups excluding tert-OH is 1. The van der Waals surface area contributed by atoms with Gasteiger partial charge in [0.1, 0.15) is 0 Å². The summed E-state index contributed by atoms with van der Waals surface area (Å²) in [6.07, 6.45) is 19.5. The van der Waals surface area contributed by atoms with E-state index in [1.54, 1.807) is 31.9 Å². The molecule has 0 aromatic heterocycles. The van der Waals surface area contributed by atoms with Gasteiger partial charge in [0.25, 0.3) is 0 Å². The molecule has 5 nitrogen and oxygen atoms in total. The van der Waals surface area contributed by atoms with Gasteiger partial charge in [0.15, 0.2) is 0 Å². The minimum Gasteiger partial charge on any atom is -0.465 e. The fraction of sp³-hybridized carbons (Fsp3) is 0.737. The second-order valence-corrected chi connectivity index (χ2v) is 14.4. The average Bonchev–Trinajstić information content (AvgIpc) is 2.99. The van der Waals surface area contributed by atoms with Gasteiger partial charge in [0, 0.05) is 5.57 Å². The number of aryl methyl sites for hydroxylation is 2. The fourth-order valence-electron chi connectivity index (χ4n) is 7.08. The molecule has 0 aliphatic heterocycles. The number of ether oxygens (including phenoxy) is 2. The van der Waals surface area contributed by atoms with Crippen LogP contribution in [0.2, 0.25) is 0 Å². The third-order valence-electron chi connectivity index (χ3n) is 10.1. The second kappa shape index (κ2) is 18.0. The predicted molar refractivity (Wildman–Crippen MR) is 175 cm³/mol. The molecule has 1 aromatic carbocycles. The number of carbonyl (C=O) groups is 2. The summed E-state index contributed by atoms with van der Waals surface area (Å²) in [5.41, 5.74) is 4.28. The van der Waals surface area contributed by atoms with Gasteiger partial charge in [-0.2, -0.15) is 0 Å². The van der Waals surface area contributed by atoms with Crippen LogP contribution in [0.3, 0.4) is 0 Å². The van der Waals surface area contributed by atoms with Crippen molar-refractivity contribution in [2.45, 2.75) is 130 Å². The van der Waals surface area contributed by atoms with Crippen molar-refractivity contribution in [3.05, 3.63) is 47.0 Å². The van der Waals surface area contributed by atoms with Crippen LogP contribution in [0.4, 0.5) is 0 Å². The maximum absolute atomic E-state index is 12.3. The Labute approximate surface area is 262 Å². The van der Waals surface area contributed by atoms with Crippen LogP contribution in [0.15, 0.2) is 30.4 Å². The number of carbonyl (C=O) groups excluding carboxylic acids is 2. The number of hydrogen-bond donors (Lipinski definition) is 1. The van der Waals surface area contributed by atoms with Crippen LogP contribution in [0.1, 0.15) is 128 Å². The van der Waals surface area contributed by atoms with Gasteiger partial charge in [-0.05, 0) is 112 Å². The first-order chi connectivity index (χ1) is 20.6. The molecule has 0 radical (unpaired) electrons. The zero-order valence-corrected chi connectivity index (χ0v) is 27.8. The quantitative estimate of drug-likeness (QED) is 0.104. The van der Waals surface area contributed by atoms with E-state index in [4.69, 9.17) is 9.47 Å². The third kappa shape index (κ3) is 12.0. The molecule has 2 unspecified atom stereocenters. The van der Waals surface area contributed by atoms with Crippen molar-refractivity contribution < 1.29 is 24.2 Å². The number of hydrogen-bond acceptors (Lipinski definition) is 5. The SMILES string of the molecule is C=C(C)C(=O)OCCC(CCOC(=O)C(C)(C)CO)CC1CCC(CCCCc2ccc3c(c2)CCC(CCC)C3)CC1. The molecule has 3 rings (SSSR count). The first-order valence-corrected chi connectivity index (χ1v) is 17.3. The number of aliphatic hydroxyl groups is 1. The van der Waals surface area contributed by atoms with Crippen LogP contribution in [-0.4, -0.2) is 36.9 Å². The van der Waals surface area contributed by atoms with E-state index in [1.165, 1.54) is 89.0 Å². The van der Waals surface area contributed by atoms with Crippen molar-refractivity contribution in [2.75, 3.05) is 19.8 Å². The van der Waals surface area contributed by atoms with E-state index in [-0.39, 0.29) is 18.5 Å². The molecule has 2 aliphatic rings. The summed E-state index contributed by atoms with van der Waals surface area (Å²) < 4.78 is 10.9. The first-order valence-electron chi connectivity index (χ1n) is 17.3. The molecular formula is C38H60O5. The highest BCUT2D eigenvalue weighted by Crippen LogP contribution is 2.37. The van der Waals surface area contributed by atoms with E-state index in [1.807, 2.05) is 0 Å². The van der Waals surface area contributed by atoms with E-state index in [9.17, 15) is 14.7 Å². The Balaban J connectivity index is 1.37. The highest BCUT2D eigenvalue weighted by molar-refractivity contribution is 5.86. The first kappa shape index (κ1) is 35.3. The van der Waals surface area contributed by atoms with Gasteiger partial charge >= 0.3 is 11.9 Å². The largest absolute Gasteiger partial charge is 0.465 e. The summed E-state index contributed by atoms with van der Waals surface area (Å²) in [7, 11) is 0. The molecule has 1 aromatic rings. The van der Waals surface area contributed by atoms with Gasteiger partial charge in [-0.15, -0.1) is 0 Å². The van der Waals surface area contributed by atoms with Crippen molar-refractivity contribution >= 4 is 11.9 Å². The van der Waals surface area contributed by atoms with Gasteiger partial charge in [-0.3, -0.25) is 4.79 Å².